The fourth-order valence-corrected chi connectivity index (χ4v) is 3.50. The van der Waals surface area contributed by atoms with E-state index in [0.29, 0.717) is 13.2 Å². The molecule has 0 aliphatic carbocycles. The molecule has 1 aromatic rings. The van der Waals surface area contributed by atoms with Gasteiger partial charge in [-0.05, 0) is 57.4 Å². The van der Waals surface area contributed by atoms with Crippen molar-refractivity contribution < 1.29 is 9.53 Å². The molecule has 1 aliphatic rings. The maximum atomic E-state index is 12.4. The Balaban J connectivity index is 1.72. The molecule has 134 valence electrons. The number of nitrogens with one attached hydrogen (secondary N) is 1. The zero-order valence-electron chi connectivity index (χ0n) is 14.8. The Kier molecular flexibility index (Phi) is 8.22. The molecule has 0 radical (unpaired) electrons. The van der Waals surface area contributed by atoms with Crippen LogP contribution in [0.1, 0.15) is 38.7 Å². The van der Waals surface area contributed by atoms with E-state index in [1.807, 2.05) is 19.9 Å². The number of piperidine rings is 1. The summed E-state index contributed by atoms with van der Waals surface area (Å²) in [6.07, 6.45) is 3.20. The van der Waals surface area contributed by atoms with Gasteiger partial charge in [-0.2, -0.15) is 0 Å². The van der Waals surface area contributed by atoms with Crippen molar-refractivity contribution in [3.8, 4) is 0 Å². The third-order valence-electron chi connectivity index (χ3n) is 4.24. The second-order valence-electron chi connectivity index (χ2n) is 6.77. The van der Waals surface area contributed by atoms with E-state index in [1.54, 1.807) is 0 Å². The number of rotatable bonds is 8. The van der Waals surface area contributed by atoms with Crippen molar-refractivity contribution in [2.75, 3.05) is 26.2 Å². The molecule has 24 heavy (non-hydrogen) atoms. The summed E-state index contributed by atoms with van der Waals surface area (Å²) >= 11 is 3.52. The Bertz CT molecular complexity index is 522. The molecule has 1 heterocycles. The Morgan fingerprint density at radius 3 is 3.04 bits per heavy atom. The predicted molar refractivity (Wildman–Crippen MR) is 101 cm³/mol. The summed E-state index contributed by atoms with van der Waals surface area (Å²) < 4.78 is 6.61. The number of halogens is 1. The number of hydrogen-bond acceptors (Lipinski definition) is 3. The van der Waals surface area contributed by atoms with Crippen LogP contribution in [0.5, 0.6) is 0 Å². The van der Waals surface area contributed by atoms with E-state index in [2.05, 4.69) is 44.3 Å². The van der Waals surface area contributed by atoms with Crippen molar-refractivity contribution in [1.82, 2.24) is 10.2 Å². The highest BCUT2D eigenvalue weighted by molar-refractivity contribution is 9.10. The number of amides is 1. The minimum atomic E-state index is 0.108. The molecule has 1 atom stereocenters. The Morgan fingerprint density at radius 2 is 2.29 bits per heavy atom. The van der Waals surface area contributed by atoms with E-state index >= 15 is 0 Å². The van der Waals surface area contributed by atoms with Crippen LogP contribution in [0, 0.1) is 5.92 Å². The highest BCUT2D eigenvalue weighted by Gasteiger charge is 2.25. The molecule has 2 rings (SSSR count). The van der Waals surface area contributed by atoms with E-state index in [-0.39, 0.29) is 17.9 Å². The smallest absolute Gasteiger partial charge is 0.224 e. The zero-order valence-corrected chi connectivity index (χ0v) is 16.3. The van der Waals surface area contributed by atoms with Crippen LogP contribution in [0.2, 0.25) is 0 Å². The third-order valence-corrected chi connectivity index (χ3v) is 4.74. The molecular formula is C19H29BrN2O2. The number of benzene rings is 1. The lowest BCUT2D eigenvalue weighted by Crippen LogP contribution is -2.43. The minimum Gasteiger partial charge on any atom is -0.379 e. The van der Waals surface area contributed by atoms with Gasteiger partial charge in [0.05, 0.1) is 12.0 Å². The lowest BCUT2D eigenvalue weighted by molar-refractivity contribution is -0.126. The van der Waals surface area contributed by atoms with Crippen molar-refractivity contribution in [2.24, 2.45) is 5.92 Å². The van der Waals surface area contributed by atoms with Crippen molar-refractivity contribution in [2.45, 2.75) is 45.8 Å². The fourth-order valence-electron chi connectivity index (χ4n) is 3.05. The van der Waals surface area contributed by atoms with Crippen LogP contribution < -0.4 is 5.32 Å². The second kappa shape index (κ2) is 10.2. The first-order valence-corrected chi connectivity index (χ1v) is 9.70. The molecular weight excluding hydrogens is 368 g/mol. The molecule has 0 bridgehead atoms. The molecule has 1 unspecified atom stereocenters. The Hall–Kier alpha value is -0.910. The van der Waals surface area contributed by atoms with Crippen LogP contribution >= 0.6 is 15.9 Å². The molecule has 1 aromatic carbocycles. The van der Waals surface area contributed by atoms with Crippen LogP contribution in [-0.2, 0) is 16.1 Å². The summed E-state index contributed by atoms with van der Waals surface area (Å²) in [5, 5.41) is 3.07. The van der Waals surface area contributed by atoms with Gasteiger partial charge in [-0.15, -0.1) is 0 Å². The minimum absolute atomic E-state index is 0.108. The van der Waals surface area contributed by atoms with Crippen LogP contribution in [-0.4, -0.2) is 43.2 Å². The average Bonchev–Trinajstić information content (AvgIpc) is 2.54. The van der Waals surface area contributed by atoms with Gasteiger partial charge >= 0.3 is 0 Å². The number of likely N-dealkylation sites (tertiary alicyclic amines) is 1. The van der Waals surface area contributed by atoms with Gasteiger partial charge in [0, 0.05) is 30.7 Å². The molecule has 0 saturated carbocycles. The number of carbonyl (C=O) groups excluding carboxylic acids is 1. The first-order chi connectivity index (χ1) is 11.5. The van der Waals surface area contributed by atoms with Crippen LogP contribution in [0.25, 0.3) is 0 Å². The summed E-state index contributed by atoms with van der Waals surface area (Å²) in [6.45, 7) is 8.29. The lowest BCUT2D eigenvalue weighted by atomic mass is 9.96. The highest BCUT2D eigenvalue weighted by atomic mass is 79.9. The molecule has 1 N–H and O–H groups in total. The largest absolute Gasteiger partial charge is 0.379 e. The van der Waals surface area contributed by atoms with E-state index in [9.17, 15) is 4.79 Å². The molecule has 0 spiro atoms. The first kappa shape index (κ1) is 19.4. The summed E-state index contributed by atoms with van der Waals surface area (Å²) in [5.74, 6) is 0.301. The van der Waals surface area contributed by atoms with Crippen LogP contribution in [0.3, 0.4) is 0 Å². The molecule has 4 nitrogen and oxygen atoms in total. The predicted octanol–water partition coefficient (Wildman–Crippen LogP) is 3.59. The van der Waals surface area contributed by atoms with Crippen molar-refractivity contribution >= 4 is 21.8 Å². The molecule has 1 fully saturated rings. The van der Waals surface area contributed by atoms with Gasteiger partial charge in [0.2, 0.25) is 5.91 Å². The number of ether oxygens (including phenoxy) is 1. The van der Waals surface area contributed by atoms with Crippen molar-refractivity contribution in [1.29, 1.82) is 0 Å². The molecule has 1 saturated heterocycles. The maximum Gasteiger partial charge on any atom is 0.224 e. The summed E-state index contributed by atoms with van der Waals surface area (Å²) in [4.78, 5) is 14.7. The van der Waals surface area contributed by atoms with Crippen LogP contribution in [0.15, 0.2) is 28.7 Å². The maximum absolute atomic E-state index is 12.4. The monoisotopic (exact) mass is 396 g/mol. The topological polar surface area (TPSA) is 41.6 Å². The van der Waals surface area contributed by atoms with Gasteiger partial charge in [0.15, 0.2) is 0 Å². The molecule has 1 amide bonds. The highest BCUT2D eigenvalue weighted by Crippen LogP contribution is 2.20. The van der Waals surface area contributed by atoms with E-state index in [0.717, 1.165) is 43.4 Å². The van der Waals surface area contributed by atoms with Crippen molar-refractivity contribution in [3.63, 3.8) is 0 Å². The molecule has 5 heteroatoms. The van der Waals surface area contributed by atoms with Gasteiger partial charge in [0.25, 0.3) is 0 Å². The SMILES string of the molecule is CC(C)OCCCNC(=O)C1CCCN(Cc2cccc(Br)c2)C1. The standard InChI is InChI=1S/C19H29BrN2O2/c1-15(2)24-11-5-9-21-19(23)17-7-4-10-22(14-17)13-16-6-3-8-18(20)12-16/h3,6,8,12,15,17H,4-5,7,9-11,13-14H2,1-2H3,(H,21,23). The lowest BCUT2D eigenvalue weighted by Gasteiger charge is -2.32. The van der Waals surface area contributed by atoms with Gasteiger partial charge < -0.3 is 10.1 Å². The third kappa shape index (κ3) is 6.91. The second-order valence-corrected chi connectivity index (χ2v) is 7.68. The van der Waals surface area contributed by atoms with Gasteiger partial charge in [-0.25, -0.2) is 0 Å². The number of nitrogens with zero attached hydrogens (tertiary/aromatic N) is 1. The Morgan fingerprint density at radius 1 is 1.46 bits per heavy atom. The van der Waals surface area contributed by atoms with Gasteiger partial charge in [-0.1, -0.05) is 28.1 Å². The summed E-state index contributed by atoms with van der Waals surface area (Å²) in [7, 11) is 0. The first-order valence-electron chi connectivity index (χ1n) is 8.90. The summed E-state index contributed by atoms with van der Waals surface area (Å²) in [6, 6.07) is 8.40. The quantitative estimate of drug-likeness (QED) is 0.682. The normalized spacial score (nSPS) is 18.8. The van der Waals surface area contributed by atoms with Gasteiger partial charge in [0.1, 0.15) is 0 Å². The van der Waals surface area contributed by atoms with E-state index in [1.165, 1.54) is 5.56 Å². The zero-order chi connectivity index (χ0) is 17.4. The molecule has 0 aromatic heterocycles. The van der Waals surface area contributed by atoms with E-state index in [4.69, 9.17) is 4.74 Å². The summed E-state index contributed by atoms with van der Waals surface area (Å²) in [5.41, 5.74) is 1.29. The average molecular weight is 397 g/mol. The molecule has 1 aliphatic heterocycles. The van der Waals surface area contributed by atoms with Crippen molar-refractivity contribution in [3.05, 3.63) is 34.3 Å². The van der Waals surface area contributed by atoms with Crippen LogP contribution in [0.4, 0.5) is 0 Å². The Labute approximate surface area is 154 Å². The number of hydrogen-bond donors (Lipinski definition) is 1. The fraction of sp³-hybridized carbons (Fsp3) is 0.632. The van der Waals surface area contributed by atoms with Gasteiger partial charge in [-0.3, -0.25) is 9.69 Å². The number of carbonyl (C=O) groups is 1. The van der Waals surface area contributed by atoms with E-state index < -0.39 is 0 Å².